The number of aliphatic hydroxyl groups excluding tert-OH is 1. The summed E-state index contributed by atoms with van der Waals surface area (Å²) in [5.74, 6) is 1.16. The predicted octanol–water partition coefficient (Wildman–Crippen LogP) is 0.865. The van der Waals surface area contributed by atoms with Crippen LogP contribution in [-0.2, 0) is 10.0 Å². The van der Waals surface area contributed by atoms with Crippen molar-refractivity contribution in [2.75, 3.05) is 19.8 Å². The van der Waals surface area contributed by atoms with E-state index in [2.05, 4.69) is 9.71 Å². The Labute approximate surface area is 133 Å². The van der Waals surface area contributed by atoms with Crippen LogP contribution in [0.4, 0.5) is 0 Å². The summed E-state index contributed by atoms with van der Waals surface area (Å²) in [6, 6.07) is 7.99. The van der Waals surface area contributed by atoms with E-state index in [1.165, 1.54) is 24.5 Å². The maximum absolute atomic E-state index is 12.1. The summed E-state index contributed by atoms with van der Waals surface area (Å²) in [4.78, 5) is 3.82. The lowest BCUT2D eigenvalue weighted by Gasteiger charge is -2.20. The molecule has 0 saturated carbocycles. The smallest absolute Gasteiger partial charge is 0.242 e. The zero-order valence-corrected chi connectivity index (χ0v) is 13.0. The number of benzene rings is 1. The summed E-state index contributed by atoms with van der Waals surface area (Å²) >= 11 is 0. The number of ether oxygens (including phenoxy) is 2. The zero-order valence-electron chi connectivity index (χ0n) is 12.2. The van der Waals surface area contributed by atoms with E-state index in [0.717, 1.165) is 0 Å². The Morgan fingerprint density at radius 2 is 2.00 bits per heavy atom. The Hall–Kier alpha value is -2.16. The average Bonchev–Trinajstić information content (AvgIpc) is 2.60. The highest BCUT2D eigenvalue weighted by atomic mass is 32.2. The molecule has 2 N–H and O–H groups in total. The molecule has 2 heterocycles. The lowest BCUT2D eigenvalue weighted by atomic mass is 10.1. The Morgan fingerprint density at radius 1 is 1.22 bits per heavy atom. The van der Waals surface area contributed by atoms with Crippen molar-refractivity contribution in [3.05, 3.63) is 48.3 Å². The fraction of sp³-hybridized carbons (Fsp3) is 0.267. The fourth-order valence-electron chi connectivity index (χ4n) is 2.16. The molecule has 1 aliphatic rings. The van der Waals surface area contributed by atoms with Crippen molar-refractivity contribution in [1.82, 2.24) is 9.71 Å². The molecule has 0 radical (unpaired) electrons. The third-order valence-corrected chi connectivity index (χ3v) is 4.77. The van der Waals surface area contributed by atoms with Gasteiger partial charge in [-0.3, -0.25) is 4.98 Å². The van der Waals surface area contributed by atoms with E-state index in [0.29, 0.717) is 30.3 Å². The van der Waals surface area contributed by atoms with E-state index in [-0.39, 0.29) is 11.4 Å². The van der Waals surface area contributed by atoms with Gasteiger partial charge >= 0.3 is 0 Å². The van der Waals surface area contributed by atoms with Crippen molar-refractivity contribution in [1.29, 1.82) is 0 Å². The molecule has 7 nitrogen and oxygen atoms in total. The number of nitrogens with one attached hydrogen (secondary N) is 1. The van der Waals surface area contributed by atoms with Crippen LogP contribution in [0, 0.1) is 0 Å². The van der Waals surface area contributed by atoms with Crippen molar-refractivity contribution in [2.45, 2.75) is 11.0 Å². The Kier molecular flexibility index (Phi) is 4.46. The first-order chi connectivity index (χ1) is 11.1. The van der Waals surface area contributed by atoms with Gasteiger partial charge in [0, 0.05) is 18.9 Å². The molecule has 0 fully saturated rings. The largest absolute Gasteiger partial charge is 0.486 e. The zero-order chi connectivity index (χ0) is 16.3. The highest BCUT2D eigenvalue weighted by Crippen LogP contribution is 2.32. The second-order valence-electron chi connectivity index (χ2n) is 4.96. The number of nitrogens with zero attached hydrogens (tertiary/aromatic N) is 1. The summed E-state index contributed by atoms with van der Waals surface area (Å²) in [6.07, 6.45) is 1.74. The second-order valence-corrected chi connectivity index (χ2v) is 6.73. The van der Waals surface area contributed by atoms with Gasteiger partial charge in [0.1, 0.15) is 18.1 Å². The van der Waals surface area contributed by atoms with Crippen LogP contribution < -0.4 is 14.2 Å². The summed E-state index contributed by atoms with van der Waals surface area (Å²) in [5.41, 5.74) is 0.545. The minimum absolute atomic E-state index is 0.0503. The molecule has 8 heteroatoms. The monoisotopic (exact) mass is 336 g/mol. The molecule has 23 heavy (non-hydrogen) atoms. The summed E-state index contributed by atoms with van der Waals surface area (Å²) in [5, 5.41) is 10.2. The van der Waals surface area contributed by atoms with Gasteiger partial charge in [-0.15, -0.1) is 0 Å². The van der Waals surface area contributed by atoms with Crippen LogP contribution in [0.2, 0.25) is 0 Å². The molecular weight excluding hydrogens is 320 g/mol. The highest BCUT2D eigenvalue weighted by molar-refractivity contribution is 7.89. The number of hydrogen-bond acceptors (Lipinski definition) is 6. The topological polar surface area (TPSA) is 97.8 Å². The Bertz CT molecular complexity index is 780. The number of aliphatic hydroxyl groups is 1. The van der Waals surface area contributed by atoms with E-state index < -0.39 is 16.1 Å². The number of rotatable bonds is 5. The SMILES string of the molecule is O=S(=O)(NCC(O)c1ccc2c(c1)OCCO2)c1cccnc1. The van der Waals surface area contributed by atoms with E-state index in [1.807, 2.05) is 0 Å². The molecule has 0 saturated heterocycles. The van der Waals surface area contributed by atoms with Crippen LogP contribution >= 0.6 is 0 Å². The van der Waals surface area contributed by atoms with E-state index >= 15 is 0 Å². The van der Waals surface area contributed by atoms with Crippen LogP contribution in [-0.4, -0.2) is 38.3 Å². The van der Waals surface area contributed by atoms with Crippen LogP contribution in [0.15, 0.2) is 47.6 Å². The van der Waals surface area contributed by atoms with Gasteiger partial charge in [0.2, 0.25) is 10.0 Å². The molecule has 0 aliphatic carbocycles. The first-order valence-electron chi connectivity index (χ1n) is 7.03. The highest BCUT2D eigenvalue weighted by Gasteiger charge is 2.19. The molecule has 1 aromatic carbocycles. The van der Waals surface area contributed by atoms with E-state index in [9.17, 15) is 13.5 Å². The molecule has 1 aromatic heterocycles. The molecule has 1 unspecified atom stereocenters. The first-order valence-corrected chi connectivity index (χ1v) is 8.52. The Balaban J connectivity index is 1.69. The van der Waals surface area contributed by atoms with Crippen molar-refractivity contribution in [3.63, 3.8) is 0 Å². The van der Waals surface area contributed by atoms with E-state index in [1.54, 1.807) is 18.2 Å². The van der Waals surface area contributed by atoms with Crippen molar-refractivity contribution >= 4 is 10.0 Å². The summed E-state index contributed by atoms with van der Waals surface area (Å²) in [6.45, 7) is 0.775. The van der Waals surface area contributed by atoms with Gasteiger partial charge in [-0.1, -0.05) is 6.07 Å². The van der Waals surface area contributed by atoms with Gasteiger partial charge in [-0.25, -0.2) is 13.1 Å². The number of sulfonamides is 1. The molecule has 3 rings (SSSR count). The molecule has 2 aromatic rings. The lowest BCUT2D eigenvalue weighted by molar-refractivity contribution is 0.165. The minimum Gasteiger partial charge on any atom is -0.486 e. The second kappa shape index (κ2) is 6.53. The maximum Gasteiger partial charge on any atom is 0.242 e. The number of fused-ring (bicyclic) bond motifs is 1. The van der Waals surface area contributed by atoms with Gasteiger partial charge in [-0.05, 0) is 29.8 Å². The van der Waals surface area contributed by atoms with Crippen molar-refractivity contribution in [2.24, 2.45) is 0 Å². The standard InChI is InChI=1S/C15H16N2O5S/c18-13(10-17-23(19,20)12-2-1-5-16-9-12)11-3-4-14-15(8-11)22-7-6-21-14/h1-5,8-9,13,17-18H,6-7,10H2. The predicted molar refractivity (Wildman–Crippen MR) is 81.8 cm³/mol. The van der Waals surface area contributed by atoms with Crippen LogP contribution in [0.1, 0.15) is 11.7 Å². The number of hydrogen-bond donors (Lipinski definition) is 2. The van der Waals surface area contributed by atoms with Crippen LogP contribution in [0.25, 0.3) is 0 Å². The Morgan fingerprint density at radius 3 is 2.74 bits per heavy atom. The summed E-state index contributed by atoms with van der Waals surface area (Å²) in [7, 11) is -3.71. The quantitative estimate of drug-likeness (QED) is 0.841. The van der Waals surface area contributed by atoms with E-state index in [4.69, 9.17) is 9.47 Å². The van der Waals surface area contributed by atoms with Gasteiger partial charge in [0.05, 0.1) is 6.10 Å². The molecule has 122 valence electrons. The lowest BCUT2D eigenvalue weighted by Crippen LogP contribution is -2.28. The van der Waals surface area contributed by atoms with Gasteiger partial charge < -0.3 is 14.6 Å². The van der Waals surface area contributed by atoms with Gasteiger partial charge in [-0.2, -0.15) is 0 Å². The maximum atomic E-state index is 12.1. The molecule has 1 atom stereocenters. The fourth-order valence-corrected chi connectivity index (χ4v) is 3.16. The van der Waals surface area contributed by atoms with Crippen LogP contribution in [0.3, 0.4) is 0 Å². The van der Waals surface area contributed by atoms with Crippen molar-refractivity contribution in [3.8, 4) is 11.5 Å². The number of aromatic nitrogens is 1. The first kappa shape index (κ1) is 15.7. The van der Waals surface area contributed by atoms with Gasteiger partial charge in [0.25, 0.3) is 0 Å². The third-order valence-electron chi connectivity index (χ3n) is 3.36. The normalized spacial score (nSPS) is 15.2. The molecule has 0 bridgehead atoms. The molecule has 1 aliphatic heterocycles. The molecule has 0 spiro atoms. The average molecular weight is 336 g/mol. The number of pyridine rings is 1. The third kappa shape index (κ3) is 3.61. The van der Waals surface area contributed by atoms with Crippen LogP contribution in [0.5, 0.6) is 11.5 Å². The summed E-state index contributed by atoms with van der Waals surface area (Å²) < 4.78 is 37.4. The van der Waals surface area contributed by atoms with Gasteiger partial charge in [0.15, 0.2) is 11.5 Å². The minimum atomic E-state index is -3.71. The molecular formula is C15H16N2O5S. The molecule has 0 amide bonds. The van der Waals surface area contributed by atoms with Crippen molar-refractivity contribution < 1.29 is 23.0 Å².